The maximum atomic E-state index is 8.83. The molecule has 3 aromatic heterocycles. The summed E-state index contributed by atoms with van der Waals surface area (Å²) in [5.74, 6) is 6.33. The molecule has 3 rings (SSSR count). The van der Waals surface area contributed by atoms with Gasteiger partial charge in [0.05, 0.1) is 18.8 Å². The average Bonchev–Trinajstić information content (AvgIpc) is 2.99. The molecule has 0 saturated carbocycles. The Balaban J connectivity index is 1.87. The first kappa shape index (κ1) is 14.9. The van der Waals surface area contributed by atoms with Gasteiger partial charge in [0.25, 0.3) is 0 Å². The molecular formula is C15H17N7O. The fraction of sp³-hybridized carbons (Fsp3) is 0.133. The summed E-state index contributed by atoms with van der Waals surface area (Å²) in [5, 5.41) is 18.4. The van der Waals surface area contributed by atoms with Gasteiger partial charge in [-0.2, -0.15) is 0 Å². The molecule has 0 fully saturated rings. The van der Waals surface area contributed by atoms with E-state index in [1.165, 1.54) is 5.01 Å². The van der Waals surface area contributed by atoms with E-state index in [0.29, 0.717) is 23.8 Å². The van der Waals surface area contributed by atoms with Crippen molar-refractivity contribution in [2.75, 3.05) is 13.2 Å². The quantitative estimate of drug-likeness (QED) is 0.455. The van der Waals surface area contributed by atoms with Gasteiger partial charge in [-0.1, -0.05) is 6.07 Å². The molecule has 23 heavy (non-hydrogen) atoms. The Bertz CT molecular complexity index is 825. The van der Waals surface area contributed by atoms with Crippen LogP contribution >= 0.6 is 0 Å². The van der Waals surface area contributed by atoms with Gasteiger partial charge in [-0.15, -0.1) is 10.2 Å². The average molecular weight is 311 g/mol. The van der Waals surface area contributed by atoms with Gasteiger partial charge in [0.15, 0.2) is 11.5 Å². The summed E-state index contributed by atoms with van der Waals surface area (Å²) >= 11 is 0. The molecule has 0 aromatic carbocycles. The minimum absolute atomic E-state index is 0.0442. The van der Waals surface area contributed by atoms with E-state index < -0.39 is 0 Å². The van der Waals surface area contributed by atoms with Crippen LogP contribution in [0.3, 0.4) is 0 Å². The summed E-state index contributed by atoms with van der Waals surface area (Å²) in [6.45, 7) is 0.259. The number of pyridine rings is 2. The van der Waals surface area contributed by atoms with Gasteiger partial charge in [-0.05, 0) is 24.3 Å². The molecule has 5 N–H and O–H groups in total. The maximum Gasteiger partial charge on any atom is 0.186 e. The molecule has 0 spiro atoms. The van der Waals surface area contributed by atoms with Crippen molar-refractivity contribution in [3.63, 3.8) is 0 Å². The number of nitrogens with two attached hydrogens (primary N) is 2. The predicted octanol–water partition coefficient (Wildman–Crippen LogP) is 0.216. The Morgan fingerprint density at radius 3 is 2.87 bits per heavy atom. The standard InChI is InChI=1S/C15H17N7O/c16-12(10-21(17)7-8-23)11-4-5-13(18-9-11)15-20-19-14-3-1-2-6-22(14)15/h1-6,9-10,23H,7-8,16-17H2/b12-10-. The number of nitrogens with zero attached hydrogens (tertiary/aromatic N) is 5. The lowest BCUT2D eigenvalue weighted by Gasteiger charge is -2.13. The van der Waals surface area contributed by atoms with Crippen LogP contribution in [0.4, 0.5) is 0 Å². The number of fused-ring (bicyclic) bond motifs is 1. The van der Waals surface area contributed by atoms with Crippen molar-refractivity contribution in [3.8, 4) is 11.5 Å². The van der Waals surface area contributed by atoms with Gasteiger partial charge < -0.3 is 15.8 Å². The van der Waals surface area contributed by atoms with E-state index in [0.717, 1.165) is 11.2 Å². The number of aliphatic hydroxyl groups excluding tert-OH is 1. The Kier molecular flexibility index (Phi) is 4.18. The molecule has 0 radical (unpaired) electrons. The van der Waals surface area contributed by atoms with Crippen molar-refractivity contribution in [1.29, 1.82) is 0 Å². The lowest BCUT2D eigenvalue weighted by atomic mass is 10.2. The van der Waals surface area contributed by atoms with Crippen molar-refractivity contribution in [2.24, 2.45) is 11.6 Å². The van der Waals surface area contributed by atoms with Crippen molar-refractivity contribution < 1.29 is 5.11 Å². The van der Waals surface area contributed by atoms with Gasteiger partial charge in [0, 0.05) is 24.2 Å². The van der Waals surface area contributed by atoms with E-state index in [2.05, 4.69) is 15.2 Å². The number of rotatable bonds is 5. The first-order valence-corrected chi connectivity index (χ1v) is 7.05. The fourth-order valence-corrected chi connectivity index (χ4v) is 2.15. The molecule has 0 aliphatic heterocycles. The first-order valence-electron chi connectivity index (χ1n) is 7.05. The summed E-state index contributed by atoms with van der Waals surface area (Å²) in [6.07, 6.45) is 5.09. The smallest absolute Gasteiger partial charge is 0.186 e. The molecule has 0 saturated heterocycles. The van der Waals surface area contributed by atoms with Crippen LogP contribution in [0.2, 0.25) is 0 Å². The number of hydrogen-bond acceptors (Lipinski definition) is 7. The van der Waals surface area contributed by atoms with Gasteiger partial charge in [-0.25, -0.2) is 5.84 Å². The largest absolute Gasteiger partial charge is 0.397 e. The molecule has 0 aliphatic carbocycles. The van der Waals surface area contributed by atoms with Crippen molar-refractivity contribution in [3.05, 3.63) is 54.5 Å². The van der Waals surface area contributed by atoms with Gasteiger partial charge in [0.2, 0.25) is 0 Å². The van der Waals surface area contributed by atoms with E-state index in [1.54, 1.807) is 12.4 Å². The minimum atomic E-state index is -0.0442. The molecule has 8 heteroatoms. The van der Waals surface area contributed by atoms with Gasteiger partial charge in [0.1, 0.15) is 5.69 Å². The summed E-state index contributed by atoms with van der Waals surface area (Å²) in [6, 6.07) is 9.35. The Labute approximate surface area is 132 Å². The lowest BCUT2D eigenvalue weighted by molar-refractivity contribution is 0.239. The number of aliphatic hydroxyl groups is 1. The van der Waals surface area contributed by atoms with Crippen LogP contribution in [0.5, 0.6) is 0 Å². The van der Waals surface area contributed by atoms with E-state index in [4.69, 9.17) is 16.7 Å². The topological polar surface area (TPSA) is 119 Å². The van der Waals surface area contributed by atoms with E-state index in [1.807, 2.05) is 40.9 Å². The lowest BCUT2D eigenvalue weighted by Crippen LogP contribution is -2.29. The molecule has 0 unspecified atom stereocenters. The molecule has 0 aliphatic rings. The molecule has 3 heterocycles. The first-order chi connectivity index (χ1) is 11.2. The fourth-order valence-electron chi connectivity index (χ4n) is 2.15. The van der Waals surface area contributed by atoms with E-state index in [-0.39, 0.29) is 6.61 Å². The molecule has 118 valence electrons. The molecular weight excluding hydrogens is 294 g/mol. The summed E-state index contributed by atoms with van der Waals surface area (Å²) in [4.78, 5) is 4.39. The highest BCUT2D eigenvalue weighted by Crippen LogP contribution is 2.17. The number of hydrogen-bond donors (Lipinski definition) is 3. The molecule has 8 nitrogen and oxygen atoms in total. The summed E-state index contributed by atoms with van der Waals surface area (Å²) < 4.78 is 1.87. The van der Waals surface area contributed by atoms with Crippen LogP contribution in [0.25, 0.3) is 22.9 Å². The highest BCUT2D eigenvalue weighted by molar-refractivity contribution is 5.64. The Hall–Kier alpha value is -2.97. The second-order valence-electron chi connectivity index (χ2n) is 4.93. The Morgan fingerprint density at radius 1 is 1.26 bits per heavy atom. The van der Waals surface area contributed by atoms with Crippen molar-refractivity contribution in [1.82, 2.24) is 24.6 Å². The maximum absolute atomic E-state index is 8.83. The summed E-state index contributed by atoms with van der Waals surface area (Å²) in [7, 11) is 0. The van der Waals surface area contributed by atoms with Crippen LogP contribution in [-0.4, -0.2) is 42.8 Å². The second kappa shape index (κ2) is 6.42. The zero-order valence-electron chi connectivity index (χ0n) is 12.4. The van der Waals surface area contributed by atoms with Crippen LogP contribution in [-0.2, 0) is 0 Å². The van der Waals surface area contributed by atoms with E-state index >= 15 is 0 Å². The van der Waals surface area contributed by atoms with Crippen LogP contribution in [0.15, 0.2) is 48.9 Å². The van der Waals surface area contributed by atoms with Crippen LogP contribution in [0, 0.1) is 0 Å². The zero-order valence-corrected chi connectivity index (χ0v) is 12.4. The van der Waals surface area contributed by atoms with Crippen LogP contribution < -0.4 is 11.6 Å². The zero-order chi connectivity index (χ0) is 16.2. The number of aromatic nitrogens is 4. The third-order valence-corrected chi connectivity index (χ3v) is 3.30. The SMILES string of the molecule is N/C(=C\N(N)CCO)c1ccc(-c2nnc3ccccn23)nc1. The molecule has 0 amide bonds. The third kappa shape index (κ3) is 3.12. The number of hydrazine groups is 1. The second-order valence-corrected chi connectivity index (χ2v) is 4.93. The van der Waals surface area contributed by atoms with Crippen molar-refractivity contribution >= 4 is 11.3 Å². The monoisotopic (exact) mass is 311 g/mol. The molecule has 0 bridgehead atoms. The van der Waals surface area contributed by atoms with Crippen molar-refractivity contribution in [2.45, 2.75) is 0 Å². The normalized spacial score (nSPS) is 11.8. The molecule has 0 atom stereocenters. The van der Waals surface area contributed by atoms with Gasteiger partial charge >= 0.3 is 0 Å². The highest BCUT2D eigenvalue weighted by Gasteiger charge is 2.09. The predicted molar refractivity (Wildman–Crippen MR) is 86.4 cm³/mol. The third-order valence-electron chi connectivity index (χ3n) is 3.30. The minimum Gasteiger partial charge on any atom is -0.397 e. The van der Waals surface area contributed by atoms with Gasteiger partial charge in [-0.3, -0.25) is 9.38 Å². The highest BCUT2D eigenvalue weighted by atomic mass is 16.3. The van der Waals surface area contributed by atoms with Crippen LogP contribution in [0.1, 0.15) is 5.56 Å². The van der Waals surface area contributed by atoms with E-state index in [9.17, 15) is 0 Å². The molecule has 3 aromatic rings. The Morgan fingerprint density at radius 2 is 2.13 bits per heavy atom. The summed E-state index contributed by atoms with van der Waals surface area (Å²) in [5.41, 5.74) is 8.62.